The molecule has 0 atom stereocenters. The first-order valence-corrected chi connectivity index (χ1v) is 7.23. The van der Waals surface area contributed by atoms with Gasteiger partial charge in [0.05, 0.1) is 11.1 Å². The van der Waals surface area contributed by atoms with Crippen LogP contribution in [0.2, 0.25) is 0 Å². The van der Waals surface area contributed by atoms with Gasteiger partial charge in [0.15, 0.2) is 17.8 Å². The van der Waals surface area contributed by atoms with E-state index in [9.17, 15) is 10.1 Å². The molecule has 0 aliphatic carbocycles. The fraction of sp³-hybridized carbons (Fsp3) is 0.188. The zero-order chi connectivity index (χ0) is 17.1. The van der Waals surface area contributed by atoms with Crippen molar-refractivity contribution in [1.82, 2.24) is 15.0 Å². The third-order valence-electron chi connectivity index (χ3n) is 3.50. The molecule has 0 amide bonds. The Morgan fingerprint density at radius 1 is 1.25 bits per heavy atom. The van der Waals surface area contributed by atoms with E-state index in [2.05, 4.69) is 15.0 Å². The highest BCUT2D eigenvalue weighted by Crippen LogP contribution is 2.31. The maximum atomic E-state index is 11.4. The number of nitro groups is 1. The molecule has 1 aromatic carbocycles. The molecule has 0 aliphatic rings. The molecule has 2 heterocycles. The van der Waals surface area contributed by atoms with Crippen molar-refractivity contribution in [3.05, 3.63) is 64.3 Å². The first kappa shape index (κ1) is 15.6. The molecule has 0 N–H and O–H groups in total. The zero-order valence-corrected chi connectivity index (χ0v) is 13.2. The van der Waals surface area contributed by atoms with Crippen LogP contribution in [0.4, 0.5) is 11.6 Å². The van der Waals surface area contributed by atoms with Gasteiger partial charge >= 0.3 is 5.69 Å². The zero-order valence-electron chi connectivity index (χ0n) is 13.2. The van der Waals surface area contributed by atoms with Crippen LogP contribution in [0.25, 0.3) is 11.5 Å². The number of nitrogens with zero attached hydrogens (tertiary/aromatic N) is 5. The number of rotatable bonds is 5. The molecule has 3 rings (SSSR count). The van der Waals surface area contributed by atoms with Gasteiger partial charge in [0.2, 0.25) is 5.95 Å². The maximum absolute atomic E-state index is 11.4. The number of aryl methyl sites for hydroxylation is 1. The predicted octanol–water partition coefficient (Wildman–Crippen LogP) is 2.98. The Bertz CT molecular complexity index is 850. The topological polar surface area (TPSA) is 98.2 Å². The summed E-state index contributed by atoms with van der Waals surface area (Å²) in [4.78, 5) is 25.1. The monoisotopic (exact) mass is 325 g/mol. The lowest BCUT2D eigenvalue weighted by Crippen LogP contribution is -2.20. The van der Waals surface area contributed by atoms with E-state index in [0.29, 0.717) is 12.5 Å². The van der Waals surface area contributed by atoms with Crippen molar-refractivity contribution < 1.29 is 9.34 Å². The van der Waals surface area contributed by atoms with Gasteiger partial charge in [-0.05, 0) is 12.5 Å². The fourth-order valence-electron chi connectivity index (χ4n) is 2.37. The Morgan fingerprint density at radius 3 is 2.62 bits per heavy atom. The molecule has 2 aromatic heterocycles. The maximum Gasteiger partial charge on any atom is 0.319 e. The Balaban J connectivity index is 2.02. The summed E-state index contributed by atoms with van der Waals surface area (Å²) in [6.07, 6.45) is 2.61. The highest BCUT2D eigenvalue weighted by atomic mass is 16.6. The van der Waals surface area contributed by atoms with Gasteiger partial charge in [-0.15, -0.1) is 0 Å². The van der Waals surface area contributed by atoms with Gasteiger partial charge in [-0.25, -0.2) is 15.0 Å². The minimum absolute atomic E-state index is 0.125. The number of hydrogen-bond acceptors (Lipinski definition) is 7. The predicted molar refractivity (Wildman–Crippen MR) is 87.5 cm³/mol. The van der Waals surface area contributed by atoms with Crippen LogP contribution in [0.3, 0.4) is 0 Å². The Morgan fingerprint density at radius 2 is 2.00 bits per heavy atom. The summed E-state index contributed by atoms with van der Waals surface area (Å²) < 4.78 is 5.19. The average molecular weight is 325 g/mol. The van der Waals surface area contributed by atoms with Gasteiger partial charge in [0.25, 0.3) is 0 Å². The molecule has 8 heteroatoms. The molecule has 0 aliphatic heterocycles. The summed E-state index contributed by atoms with van der Waals surface area (Å²) in [5.41, 5.74) is 1.31. The molecule has 0 saturated heterocycles. The van der Waals surface area contributed by atoms with Crippen molar-refractivity contribution in [3.8, 4) is 11.5 Å². The van der Waals surface area contributed by atoms with E-state index in [0.717, 1.165) is 5.56 Å². The van der Waals surface area contributed by atoms with Gasteiger partial charge in [-0.2, -0.15) is 0 Å². The van der Waals surface area contributed by atoms with E-state index in [1.807, 2.05) is 42.3 Å². The van der Waals surface area contributed by atoms with Crippen molar-refractivity contribution in [2.75, 3.05) is 11.9 Å². The van der Waals surface area contributed by atoms with Gasteiger partial charge in [0.1, 0.15) is 5.69 Å². The summed E-state index contributed by atoms with van der Waals surface area (Å²) in [5.74, 6) is 0.620. The smallest absolute Gasteiger partial charge is 0.319 e. The quantitative estimate of drug-likeness (QED) is 0.525. The number of anilines is 1. The molecule has 8 nitrogen and oxygen atoms in total. The highest BCUT2D eigenvalue weighted by Gasteiger charge is 2.26. The van der Waals surface area contributed by atoms with Crippen molar-refractivity contribution in [2.45, 2.75) is 13.5 Å². The van der Waals surface area contributed by atoms with Crippen LogP contribution in [0.15, 0.2) is 47.3 Å². The molecule has 122 valence electrons. The van der Waals surface area contributed by atoms with Gasteiger partial charge in [-0.3, -0.25) is 10.1 Å². The van der Waals surface area contributed by atoms with Crippen molar-refractivity contribution in [3.63, 3.8) is 0 Å². The molecule has 0 spiro atoms. The Kier molecular flexibility index (Phi) is 4.19. The van der Waals surface area contributed by atoms with E-state index >= 15 is 0 Å². The third-order valence-corrected chi connectivity index (χ3v) is 3.50. The van der Waals surface area contributed by atoms with Crippen LogP contribution in [0.1, 0.15) is 11.3 Å². The molecular weight excluding hydrogens is 310 g/mol. The third kappa shape index (κ3) is 3.07. The second-order valence-corrected chi connectivity index (χ2v) is 5.27. The Labute approximate surface area is 138 Å². The van der Waals surface area contributed by atoms with Gasteiger partial charge in [-0.1, -0.05) is 30.3 Å². The molecule has 3 aromatic rings. The van der Waals surface area contributed by atoms with Crippen LogP contribution in [-0.4, -0.2) is 26.9 Å². The van der Waals surface area contributed by atoms with Crippen molar-refractivity contribution >= 4 is 11.6 Å². The number of hydrogen-bond donors (Lipinski definition) is 0. The number of benzene rings is 1. The lowest BCUT2D eigenvalue weighted by molar-refractivity contribution is -0.385. The van der Waals surface area contributed by atoms with Gasteiger partial charge in [0, 0.05) is 13.6 Å². The summed E-state index contributed by atoms with van der Waals surface area (Å²) in [5, 5.41) is 11.4. The number of oxazole rings is 1. The standard InChI is InChI=1S/C16H15N5O3/c1-11-15(21(22)23)14(13-8-17-10-24-13)19-16(18-11)20(2)9-12-6-4-3-5-7-12/h3-8,10H,9H2,1-2H3. The van der Waals surface area contributed by atoms with Crippen LogP contribution >= 0.6 is 0 Å². The molecule has 0 saturated carbocycles. The first-order chi connectivity index (χ1) is 11.6. The minimum Gasteiger partial charge on any atom is -0.442 e. The van der Waals surface area contributed by atoms with E-state index < -0.39 is 4.92 Å². The lowest BCUT2D eigenvalue weighted by Gasteiger charge is -2.18. The lowest BCUT2D eigenvalue weighted by atomic mass is 10.2. The summed E-state index contributed by atoms with van der Waals surface area (Å²) >= 11 is 0. The minimum atomic E-state index is -0.506. The van der Waals surface area contributed by atoms with Gasteiger partial charge < -0.3 is 9.32 Å². The largest absolute Gasteiger partial charge is 0.442 e. The van der Waals surface area contributed by atoms with Crippen molar-refractivity contribution in [2.24, 2.45) is 0 Å². The molecule has 0 fully saturated rings. The van der Waals surface area contributed by atoms with E-state index in [-0.39, 0.29) is 22.8 Å². The van der Waals surface area contributed by atoms with E-state index in [1.54, 1.807) is 6.92 Å². The second-order valence-electron chi connectivity index (χ2n) is 5.27. The molecule has 24 heavy (non-hydrogen) atoms. The van der Waals surface area contributed by atoms with E-state index in [1.165, 1.54) is 12.6 Å². The molecule has 0 unspecified atom stereocenters. The van der Waals surface area contributed by atoms with E-state index in [4.69, 9.17) is 4.42 Å². The molecule has 0 bridgehead atoms. The van der Waals surface area contributed by atoms with Crippen LogP contribution in [-0.2, 0) is 6.54 Å². The Hall–Kier alpha value is -3.29. The van der Waals surface area contributed by atoms with Crippen LogP contribution in [0.5, 0.6) is 0 Å². The van der Waals surface area contributed by atoms with Crippen LogP contribution in [0, 0.1) is 17.0 Å². The summed E-state index contributed by atoms with van der Waals surface area (Å²) in [6, 6.07) is 9.83. The molecular formula is C16H15N5O3. The van der Waals surface area contributed by atoms with Crippen LogP contribution < -0.4 is 4.90 Å². The fourth-order valence-corrected chi connectivity index (χ4v) is 2.37. The summed E-state index contributed by atoms with van der Waals surface area (Å²) in [7, 11) is 1.83. The first-order valence-electron chi connectivity index (χ1n) is 7.23. The SMILES string of the molecule is Cc1nc(N(C)Cc2ccccc2)nc(-c2cnco2)c1[N+](=O)[O-]. The second kappa shape index (κ2) is 6.45. The normalized spacial score (nSPS) is 10.6. The highest BCUT2D eigenvalue weighted by molar-refractivity contribution is 5.67. The number of aromatic nitrogens is 3. The summed E-state index contributed by atoms with van der Waals surface area (Å²) in [6.45, 7) is 2.16. The average Bonchev–Trinajstić information content (AvgIpc) is 3.09. The molecule has 0 radical (unpaired) electrons. The van der Waals surface area contributed by atoms with Crippen molar-refractivity contribution in [1.29, 1.82) is 0 Å².